The summed E-state index contributed by atoms with van der Waals surface area (Å²) in [5.74, 6) is 1.50. The lowest BCUT2D eigenvalue weighted by atomic mass is 10.1. The predicted octanol–water partition coefficient (Wildman–Crippen LogP) is 5.01. The summed E-state index contributed by atoms with van der Waals surface area (Å²) in [5, 5.41) is 3.04. The first-order valence-electron chi connectivity index (χ1n) is 9.79. The first-order chi connectivity index (χ1) is 14.0. The fraction of sp³-hybridized carbons (Fsp3) is 0.304. The van der Waals surface area contributed by atoms with Crippen molar-refractivity contribution >= 4 is 22.9 Å². The second kappa shape index (κ2) is 8.25. The minimum Gasteiger partial charge on any atom is -0.492 e. The van der Waals surface area contributed by atoms with Crippen LogP contribution in [0.2, 0.25) is 0 Å². The summed E-state index contributed by atoms with van der Waals surface area (Å²) in [5.41, 5.74) is 3.85. The molecule has 0 N–H and O–H groups in total. The topological polar surface area (TPSA) is 51.7 Å². The number of rotatable bonds is 6. The van der Waals surface area contributed by atoms with E-state index in [0.717, 1.165) is 33.5 Å². The quantitative estimate of drug-likeness (QED) is 0.575. The smallest absolute Gasteiger partial charge is 0.268 e. The summed E-state index contributed by atoms with van der Waals surface area (Å²) >= 11 is 1.61. The van der Waals surface area contributed by atoms with Gasteiger partial charge in [-0.25, -0.2) is 4.98 Å². The number of thiazole rings is 1. The Morgan fingerprint density at radius 2 is 1.97 bits per heavy atom. The molecule has 1 aliphatic heterocycles. The van der Waals surface area contributed by atoms with E-state index in [1.165, 1.54) is 5.56 Å². The van der Waals surface area contributed by atoms with Crippen LogP contribution in [0.25, 0.3) is 11.3 Å². The lowest BCUT2D eigenvalue weighted by Gasteiger charge is -2.34. The van der Waals surface area contributed by atoms with Crippen molar-refractivity contribution in [2.45, 2.75) is 33.3 Å². The van der Waals surface area contributed by atoms with E-state index in [2.05, 4.69) is 4.98 Å². The van der Waals surface area contributed by atoms with Crippen molar-refractivity contribution in [2.75, 3.05) is 18.1 Å². The van der Waals surface area contributed by atoms with Crippen LogP contribution >= 0.6 is 11.3 Å². The van der Waals surface area contributed by atoms with Crippen molar-refractivity contribution in [2.24, 2.45) is 0 Å². The number of hydrogen-bond donors (Lipinski definition) is 0. The Labute approximate surface area is 174 Å². The molecule has 4 rings (SSSR count). The van der Waals surface area contributed by atoms with Crippen molar-refractivity contribution in [1.29, 1.82) is 0 Å². The molecule has 1 aliphatic rings. The van der Waals surface area contributed by atoms with Gasteiger partial charge < -0.3 is 14.4 Å². The Morgan fingerprint density at radius 3 is 2.66 bits per heavy atom. The number of hydrogen-bond acceptors (Lipinski definition) is 5. The van der Waals surface area contributed by atoms with Crippen molar-refractivity contribution in [1.82, 2.24) is 4.98 Å². The minimum atomic E-state index is -0.464. The number of amides is 1. The normalized spacial score (nSPS) is 15.8. The number of fused-ring (bicyclic) bond motifs is 1. The van der Waals surface area contributed by atoms with Gasteiger partial charge in [0.05, 0.1) is 22.9 Å². The molecular formula is C23H24N2O3S. The molecule has 1 atom stereocenters. The van der Waals surface area contributed by atoms with Crippen LogP contribution < -0.4 is 14.4 Å². The third kappa shape index (κ3) is 4.12. The molecule has 0 fully saturated rings. The number of anilines is 1. The third-order valence-electron chi connectivity index (χ3n) is 4.95. The molecule has 0 radical (unpaired) electrons. The zero-order valence-corrected chi connectivity index (χ0v) is 17.7. The van der Waals surface area contributed by atoms with Gasteiger partial charge in [0.25, 0.3) is 5.91 Å². The Balaban J connectivity index is 1.58. The van der Waals surface area contributed by atoms with Gasteiger partial charge >= 0.3 is 0 Å². The number of aromatic nitrogens is 1. The number of carbonyl (C=O) groups is 1. The van der Waals surface area contributed by atoms with E-state index in [1.54, 1.807) is 16.2 Å². The highest BCUT2D eigenvalue weighted by molar-refractivity contribution is 7.09. The van der Waals surface area contributed by atoms with Crippen LogP contribution in [0.5, 0.6) is 11.5 Å². The minimum absolute atomic E-state index is 0.0286. The van der Waals surface area contributed by atoms with E-state index in [9.17, 15) is 4.79 Å². The maximum Gasteiger partial charge on any atom is 0.268 e. The van der Waals surface area contributed by atoms with Crippen molar-refractivity contribution < 1.29 is 14.3 Å². The molecule has 2 heterocycles. The number of carbonyl (C=O) groups excluding carboxylic acids is 1. The molecule has 0 saturated carbocycles. The van der Waals surface area contributed by atoms with Gasteiger partial charge in [0.1, 0.15) is 18.1 Å². The summed E-state index contributed by atoms with van der Waals surface area (Å²) in [6, 6.07) is 13.8. The molecule has 29 heavy (non-hydrogen) atoms. The standard InChI is InChI=1S/C23H24N2O3S/c1-4-21-23(26)25(11-12-27-18-8-5-15(2)6-9-18)20-13-17(7-10-22(20)28-21)19-14-29-16(3)24-19/h5-10,13-14,21H,4,11-12H2,1-3H3. The second-order valence-electron chi connectivity index (χ2n) is 7.10. The van der Waals surface area contributed by atoms with Gasteiger partial charge in [0.15, 0.2) is 6.10 Å². The molecule has 2 aromatic carbocycles. The zero-order chi connectivity index (χ0) is 20.4. The van der Waals surface area contributed by atoms with Crippen molar-refractivity contribution in [3.63, 3.8) is 0 Å². The number of benzene rings is 2. The maximum absolute atomic E-state index is 13.0. The monoisotopic (exact) mass is 408 g/mol. The Morgan fingerprint density at radius 1 is 1.17 bits per heavy atom. The highest BCUT2D eigenvalue weighted by Gasteiger charge is 2.33. The number of nitrogens with zero attached hydrogens (tertiary/aromatic N) is 2. The predicted molar refractivity (Wildman–Crippen MR) is 116 cm³/mol. The first kappa shape index (κ1) is 19.5. The van der Waals surface area contributed by atoms with E-state index in [0.29, 0.717) is 19.6 Å². The van der Waals surface area contributed by atoms with Gasteiger partial charge in [-0.2, -0.15) is 0 Å². The second-order valence-corrected chi connectivity index (χ2v) is 8.16. The fourth-order valence-electron chi connectivity index (χ4n) is 3.36. The molecule has 150 valence electrons. The molecule has 6 heteroatoms. The molecule has 0 bridgehead atoms. The molecule has 1 amide bonds. The van der Waals surface area contributed by atoms with Gasteiger partial charge in [0, 0.05) is 10.9 Å². The molecule has 0 saturated heterocycles. The van der Waals surface area contributed by atoms with Gasteiger partial charge in [-0.3, -0.25) is 4.79 Å². The van der Waals surface area contributed by atoms with E-state index in [4.69, 9.17) is 9.47 Å². The first-order valence-corrected chi connectivity index (χ1v) is 10.7. The van der Waals surface area contributed by atoms with E-state index >= 15 is 0 Å². The molecule has 1 aromatic heterocycles. The summed E-state index contributed by atoms with van der Waals surface area (Å²) in [6.45, 7) is 6.85. The van der Waals surface area contributed by atoms with Crippen molar-refractivity contribution in [3.05, 3.63) is 58.4 Å². The van der Waals surface area contributed by atoms with Crippen LogP contribution in [-0.2, 0) is 4.79 Å². The van der Waals surface area contributed by atoms with Crippen LogP contribution in [0, 0.1) is 13.8 Å². The zero-order valence-electron chi connectivity index (χ0n) is 16.8. The van der Waals surface area contributed by atoms with E-state index in [1.807, 2.05) is 68.6 Å². The molecule has 3 aromatic rings. The molecule has 0 aliphatic carbocycles. The number of ether oxygens (including phenoxy) is 2. The van der Waals surface area contributed by atoms with E-state index in [-0.39, 0.29) is 5.91 Å². The Hall–Kier alpha value is -2.86. The lowest BCUT2D eigenvalue weighted by Crippen LogP contribution is -2.47. The average Bonchev–Trinajstić information content (AvgIpc) is 3.16. The number of aryl methyl sites for hydroxylation is 2. The van der Waals surface area contributed by atoms with Crippen LogP contribution in [0.15, 0.2) is 47.8 Å². The van der Waals surface area contributed by atoms with Crippen LogP contribution in [0.3, 0.4) is 0 Å². The fourth-order valence-corrected chi connectivity index (χ4v) is 3.98. The molecule has 1 unspecified atom stereocenters. The van der Waals surface area contributed by atoms with Gasteiger partial charge in [-0.05, 0) is 50.6 Å². The SMILES string of the molecule is CCC1Oc2ccc(-c3csc(C)n3)cc2N(CCOc2ccc(C)cc2)C1=O. The highest BCUT2D eigenvalue weighted by atomic mass is 32.1. The molecule has 0 spiro atoms. The average molecular weight is 409 g/mol. The highest BCUT2D eigenvalue weighted by Crippen LogP contribution is 2.38. The Bertz CT molecular complexity index is 1010. The summed E-state index contributed by atoms with van der Waals surface area (Å²) < 4.78 is 11.8. The van der Waals surface area contributed by atoms with Crippen LogP contribution in [0.4, 0.5) is 5.69 Å². The molecular weight excluding hydrogens is 384 g/mol. The largest absolute Gasteiger partial charge is 0.492 e. The van der Waals surface area contributed by atoms with Gasteiger partial charge in [-0.1, -0.05) is 24.6 Å². The van der Waals surface area contributed by atoms with Gasteiger partial charge in [0.2, 0.25) is 0 Å². The summed E-state index contributed by atoms with van der Waals surface area (Å²) in [6.07, 6.45) is 0.162. The Kier molecular flexibility index (Phi) is 5.53. The third-order valence-corrected chi connectivity index (χ3v) is 5.72. The van der Waals surface area contributed by atoms with Crippen LogP contribution in [-0.4, -0.2) is 30.1 Å². The van der Waals surface area contributed by atoms with Crippen molar-refractivity contribution in [3.8, 4) is 22.8 Å². The summed E-state index contributed by atoms with van der Waals surface area (Å²) in [4.78, 5) is 19.3. The maximum atomic E-state index is 13.0. The van der Waals surface area contributed by atoms with E-state index < -0.39 is 6.10 Å². The lowest BCUT2D eigenvalue weighted by molar-refractivity contribution is -0.126. The molecule has 5 nitrogen and oxygen atoms in total. The van der Waals surface area contributed by atoms with Gasteiger partial charge in [-0.15, -0.1) is 11.3 Å². The summed E-state index contributed by atoms with van der Waals surface area (Å²) in [7, 11) is 0. The van der Waals surface area contributed by atoms with Crippen LogP contribution in [0.1, 0.15) is 23.9 Å².